The van der Waals surface area contributed by atoms with Crippen LogP contribution >= 0.6 is 0 Å². The maximum absolute atomic E-state index is 12.4. The van der Waals surface area contributed by atoms with Crippen molar-refractivity contribution >= 4 is 5.69 Å². The molecule has 0 atom stereocenters. The van der Waals surface area contributed by atoms with E-state index in [2.05, 4.69) is 33.6 Å². The van der Waals surface area contributed by atoms with Gasteiger partial charge in [-0.2, -0.15) is 0 Å². The lowest BCUT2D eigenvalue weighted by molar-refractivity contribution is -0.274. The second kappa shape index (κ2) is 6.32. The summed E-state index contributed by atoms with van der Waals surface area (Å²) in [6.45, 7) is 5.31. The van der Waals surface area contributed by atoms with E-state index in [1.165, 1.54) is 12.1 Å². The number of pyridine rings is 1. The Morgan fingerprint density at radius 2 is 2.04 bits per heavy atom. The summed E-state index contributed by atoms with van der Waals surface area (Å²) in [5.74, 6) is -0.200. The number of benzene rings is 1. The van der Waals surface area contributed by atoms with Crippen LogP contribution in [0.1, 0.15) is 25.0 Å². The van der Waals surface area contributed by atoms with Gasteiger partial charge >= 0.3 is 6.36 Å². The molecule has 0 aliphatic carbocycles. The van der Waals surface area contributed by atoms with Crippen LogP contribution in [0, 0.1) is 0 Å². The number of aromatic nitrogens is 1. The number of hydrogen-bond donors (Lipinski definition) is 0. The Balaban J connectivity index is 1.80. The molecule has 7 heteroatoms. The van der Waals surface area contributed by atoms with Crippen molar-refractivity contribution in [2.45, 2.75) is 39.3 Å². The van der Waals surface area contributed by atoms with Gasteiger partial charge in [-0.1, -0.05) is 12.1 Å². The zero-order valence-electron chi connectivity index (χ0n) is 13.4. The van der Waals surface area contributed by atoms with Crippen LogP contribution in [0.4, 0.5) is 18.9 Å². The third-order valence-corrected chi connectivity index (χ3v) is 3.77. The van der Waals surface area contributed by atoms with Crippen LogP contribution in [0.5, 0.6) is 5.75 Å². The van der Waals surface area contributed by atoms with Gasteiger partial charge in [-0.3, -0.25) is 4.98 Å². The average Bonchev–Trinajstić information content (AvgIpc) is 2.83. The molecule has 1 aromatic heterocycles. The molecule has 0 spiro atoms. The van der Waals surface area contributed by atoms with Gasteiger partial charge in [-0.15, -0.1) is 13.2 Å². The predicted molar refractivity (Wildman–Crippen MR) is 84.2 cm³/mol. The van der Waals surface area contributed by atoms with Gasteiger partial charge in [-0.25, -0.2) is 5.01 Å². The Hall–Kier alpha value is -2.28. The SMILES string of the molecule is CC(C)N1c2ccncc2CN1Cc1cccc(OC(F)(F)F)c1. The Morgan fingerprint density at radius 3 is 2.75 bits per heavy atom. The Morgan fingerprint density at radius 1 is 1.25 bits per heavy atom. The van der Waals surface area contributed by atoms with Crippen molar-refractivity contribution in [3.8, 4) is 5.75 Å². The standard InChI is InChI=1S/C17H18F3N3O/c1-12(2)23-16-6-7-21-9-14(16)11-22(23)10-13-4-3-5-15(8-13)24-17(18,19)20/h3-9,12H,10-11H2,1-2H3. The summed E-state index contributed by atoms with van der Waals surface area (Å²) in [6, 6.07) is 8.28. The van der Waals surface area contributed by atoms with Gasteiger partial charge in [0.2, 0.25) is 0 Å². The normalized spacial score (nSPS) is 15.0. The van der Waals surface area contributed by atoms with Crippen LogP contribution in [0.2, 0.25) is 0 Å². The summed E-state index contributed by atoms with van der Waals surface area (Å²) < 4.78 is 41.1. The zero-order chi connectivity index (χ0) is 17.3. The maximum Gasteiger partial charge on any atom is 0.573 e. The summed E-state index contributed by atoms with van der Waals surface area (Å²) in [4.78, 5) is 4.15. The summed E-state index contributed by atoms with van der Waals surface area (Å²) in [7, 11) is 0. The van der Waals surface area contributed by atoms with Crippen molar-refractivity contribution in [3.63, 3.8) is 0 Å². The van der Waals surface area contributed by atoms with Gasteiger partial charge in [0.25, 0.3) is 0 Å². The van der Waals surface area contributed by atoms with Crippen molar-refractivity contribution in [3.05, 3.63) is 53.9 Å². The molecule has 3 rings (SSSR count). The van der Waals surface area contributed by atoms with Crippen molar-refractivity contribution in [2.75, 3.05) is 5.01 Å². The second-order valence-corrected chi connectivity index (χ2v) is 5.96. The number of fused-ring (bicyclic) bond motifs is 1. The molecule has 2 aromatic rings. The van der Waals surface area contributed by atoms with Crippen LogP contribution < -0.4 is 9.75 Å². The van der Waals surface area contributed by atoms with Crippen LogP contribution in [0.3, 0.4) is 0 Å². The minimum atomic E-state index is -4.68. The first-order valence-corrected chi connectivity index (χ1v) is 7.65. The molecule has 128 valence electrons. The summed E-state index contributed by atoms with van der Waals surface area (Å²) >= 11 is 0. The third kappa shape index (κ3) is 3.62. The lowest BCUT2D eigenvalue weighted by Crippen LogP contribution is -2.41. The highest BCUT2D eigenvalue weighted by molar-refractivity contribution is 5.55. The number of hydrogen-bond acceptors (Lipinski definition) is 4. The highest BCUT2D eigenvalue weighted by atomic mass is 19.4. The highest BCUT2D eigenvalue weighted by Crippen LogP contribution is 2.33. The number of halogens is 3. The highest BCUT2D eigenvalue weighted by Gasteiger charge is 2.32. The van der Waals surface area contributed by atoms with Crippen molar-refractivity contribution < 1.29 is 17.9 Å². The Kier molecular flexibility index (Phi) is 4.36. The molecule has 0 saturated heterocycles. The first-order chi connectivity index (χ1) is 11.3. The first kappa shape index (κ1) is 16.6. The number of anilines is 1. The van der Waals surface area contributed by atoms with Gasteiger partial charge in [0.15, 0.2) is 0 Å². The van der Waals surface area contributed by atoms with Gasteiger partial charge < -0.3 is 9.75 Å². The van der Waals surface area contributed by atoms with Crippen LogP contribution in [-0.2, 0) is 13.1 Å². The molecule has 0 amide bonds. The first-order valence-electron chi connectivity index (χ1n) is 7.65. The van der Waals surface area contributed by atoms with E-state index in [0.29, 0.717) is 13.1 Å². The minimum Gasteiger partial charge on any atom is -0.406 e. The van der Waals surface area contributed by atoms with E-state index < -0.39 is 6.36 Å². The van der Waals surface area contributed by atoms with E-state index in [1.807, 2.05) is 12.3 Å². The largest absolute Gasteiger partial charge is 0.573 e. The number of ether oxygens (including phenoxy) is 1. The number of alkyl halides is 3. The molecule has 24 heavy (non-hydrogen) atoms. The molecule has 0 N–H and O–H groups in total. The molecule has 0 bridgehead atoms. The van der Waals surface area contributed by atoms with Gasteiger partial charge in [-0.05, 0) is 37.6 Å². The fraction of sp³-hybridized carbons (Fsp3) is 0.353. The smallest absolute Gasteiger partial charge is 0.406 e. The molecule has 0 unspecified atom stereocenters. The molecule has 2 heterocycles. The lowest BCUT2D eigenvalue weighted by Gasteiger charge is -2.34. The fourth-order valence-corrected chi connectivity index (χ4v) is 2.98. The minimum absolute atomic E-state index is 0.200. The summed E-state index contributed by atoms with van der Waals surface area (Å²) in [6.07, 6.45) is -1.11. The monoisotopic (exact) mass is 337 g/mol. The Labute approximate surface area is 138 Å². The summed E-state index contributed by atoms with van der Waals surface area (Å²) in [5, 5.41) is 4.25. The number of nitrogens with zero attached hydrogens (tertiary/aromatic N) is 3. The Bertz CT molecular complexity index is 718. The number of hydrazine groups is 1. The van der Waals surface area contributed by atoms with E-state index in [9.17, 15) is 13.2 Å². The summed E-state index contributed by atoms with van der Waals surface area (Å²) in [5.41, 5.74) is 2.94. The lowest BCUT2D eigenvalue weighted by atomic mass is 10.2. The van der Waals surface area contributed by atoms with Gasteiger partial charge in [0.1, 0.15) is 5.75 Å². The molecular formula is C17H18F3N3O. The molecule has 0 fully saturated rings. The van der Waals surface area contributed by atoms with E-state index in [-0.39, 0.29) is 11.8 Å². The third-order valence-electron chi connectivity index (χ3n) is 3.77. The van der Waals surface area contributed by atoms with Crippen molar-refractivity contribution in [2.24, 2.45) is 0 Å². The molecule has 0 radical (unpaired) electrons. The zero-order valence-corrected chi connectivity index (χ0v) is 13.4. The predicted octanol–water partition coefficient (Wildman–Crippen LogP) is 4.13. The quantitative estimate of drug-likeness (QED) is 0.839. The van der Waals surface area contributed by atoms with E-state index in [1.54, 1.807) is 18.3 Å². The van der Waals surface area contributed by atoms with Crippen LogP contribution in [0.15, 0.2) is 42.7 Å². The van der Waals surface area contributed by atoms with E-state index >= 15 is 0 Å². The van der Waals surface area contributed by atoms with Gasteiger partial charge in [0, 0.05) is 37.1 Å². The topological polar surface area (TPSA) is 28.6 Å². The van der Waals surface area contributed by atoms with Crippen molar-refractivity contribution in [1.29, 1.82) is 0 Å². The molecule has 1 aromatic carbocycles. The average molecular weight is 337 g/mol. The molecular weight excluding hydrogens is 319 g/mol. The fourth-order valence-electron chi connectivity index (χ4n) is 2.98. The van der Waals surface area contributed by atoms with Crippen molar-refractivity contribution in [1.82, 2.24) is 9.99 Å². The maximum atomic E-state index is 12.4. The number of rotatable bonds is 4. The molecule has 0 saturated carbocycles. The van der Waals surface area contributed by atoms with E-state index in [0.717, 1.165) is 16.8 Å². The van der Waals surface area contributed by atoms with E-state index in [4.69, 9.17) is 0 Å². The molecule has 1 aliphatic heterocycles. The molecule has 4 nitrogen and oxygen atoms in total. The molecule has 1 aliphatic rings. The van der Waals surface area contributed by atoms with Crippen LogP contribution in [0.25, 0.3) is 0 Å². The van der Waals surface area contributed by atoms with Crippen LogP contribution in [-0.4, -0.2) is 22.4 Å². The van der Waals surface area contributed by atoms with Gasteiger partial charge in [0.05, 0.1) is 5.69 Å². The second-order valence-electron chi connectivity index (χ2n) is 5.96.